The number of rotatable bonds is 4. The summed E-state index contributed by atoms with van der Waals surface area (Å²) in [6, 6.07) is 5.54. The summed E-state index contributed by atoms with van der Waals surface area (Å²) < 4.78 is 12.4. The third-order valence-electron chi connectivity index (χ3n) is 2.57. The van der Waals surface area contributed by atoms with Crippen molar-refractivity contribution in [3.8, 4) is 17.2 Å². The number of hydrogen-bond acceptors (Lipinski definition) is 5. The molecule has 1 aromatic heterocycles. The Morgan fingerprint density at radius 1 is 1.42 bits per heavy atom. The summed E-state index contributed by atoms with van der Waals surface area (Å²) in [4.78, 5) is 14.7. The topological polar surface area (TPSA) is 73.6 Å². The van der Waals surface area contributed by atoms with E-state index in [0.29, 0.717) is 16.7 Å². The highest BCUT2D eigenvalue weighted by Gasteiger charge is 2.15. The summed E-state index contributed by atoms with van der Waals surface area (Å²) >= 11 is 1.17. The summed E-state index contributed by atoms with van der Waals surface area (Å²) in [6.07, 6.45) is 3.41. The average Bonchev–Trinajstić information content (AvgIpc) is 3.04. The largest absolute Gasteiger partial charge is 0.481 e. The molecule has 0 unspecified atom stereocenters. The Kier molecular flexibility index (Phi) is 3.04. The molecule has 2 aromatic rings. The van der Waals surface area contributed by atoms with Gasteiger partial charge in [-0.15, -0.1) is 0 Å². The first-order chi connectivity index (χ1) is 9.24. The number of benzene rings is 1. The predicted molar refractivity (Wildman–Crippen MR) is 68.0 cm³/mol. The zero-order valence-corrected chi connectivity index (χ0v) is 10.6. The van der Waals surface area contributed by atoms with E-state index in [-0.39, 0.29) is 12.5 Å². The number of nitrogens with zero attached hydrogens (tertiary/aromatic N) is 2. The maximum atomic E-state index is 10.6. The molecule has 98 valence electrons. The van der Waals surface area contributed by atoms with E-state index in [1.165, 1.54) is 11.8 Å². The van der Waals surface area contributed by atoms with Crippen molar-refractivity contribution in [1.82, 2.24) is 9.55 Å². The number of imidazole rings is 1. The van der Waals surface area contributed by atoms with Gasteiger partial charge < -0.3 is 14.6 Å². The monoisotopic (exact) mass is 278 g/mol. The number of hydrogen-bond donors (Lipinski definition) is 1. The van der Waals surface area contributed by atoms with Crippen LogP contribution in [-0.4, -0.2) is 33.2 Å². The molecular weight excluding hydrogens is 268 g/mol. The SMILES string of the molecule is O=C(O)CSc1nccn1-c1ccc2c(c1)OCO2. The van der Waals surface area contributed by atoms with Crippen molar-refractivity contribution < 1.29 is 19.4 Å². The summed E-state index contributed by atoms with van der Waals surface area (Å²) in [5, 5.41) is 9.33. The smallest absolute Gasteiger partial charge is 0.313 e. The van der Waals surface area contributed by atoms with Crippen molar-refractivity contribution in [2.45, 2.75) is 5.16 Å². The fourth-order valence-electron chi connectivity index (χ4n) is 1.75. The second-order valence-electron chi connectivity index (χ2n) is 3.80. The van der Waals surface area contributed by atoms with Crippen molar-refractivity contribution in [3.05, 3.63) is 30.6 Å². The fraction of sp³-hybridized carbons (Fsp3) is 0.167. The Morgan fingerprint density at radius 3 is 3.11 bits per heavy atom. The van der Waals surface area contributed by atoms with Crippen molar-refractivity contribution in [3.63, 3.8) is 0 Å². The van der Waals surface area contributed by atoms with Gasteiger partial charge in [0.25, 0.3) is 0 Å². The molecule has 0 saturated carbocycles. The number of carbonyl (C=O) groups is 1. The van der Waals surface area contributed by atoms with Crippen LogP contribution < -0.4 is 9.47 Å². The van der Waals surface area contributed by atoms with Crippen LogP contribution in [0.2, 0.25) is 0 Å². The van der Waals surface area contributed by atoms with Crippen LogP contribution in [0, 0.1) is 0 Å². The van der Waals surface area contributed by atoms with Crippen molar-refractivity contribution in [2.24, 2.45) is 0 Å². The predicted octanol–water partition coefficient (Wildman–Crippen LogP) is 1.78. The van der Waals surface area contributed by atoms with Crippen LogP contribution in [0.3, 0.4) is 0 Å². The van der Waals surface area contributed by atoms with Gasteiger partial charge in [0.15, 0.2) is 16.7 Å². The van der Waals surface area contributed by atoms with Crippen LogP contribution in [0.25, 0.3) is 5.69 Å². The number of carboxylic acids is 1. The van der Waals surface area contributed by atoms with E-state index in [1.54, 1.807) is 12.4 Å². The molecule has 1 aromatic carbocycles. The van der Waals surface area contributed by atoms with E-state index < -0.39 is 5.97 Å². The lowest BCUT2D eigenvalue weighted by Gasteiger charge is -2.07. The minimum absolute atomic E-state index is 0.0262. The van der Waals surface area contributed by atoms with E-state index in [0.717, 1.165) is 5.69 Å². The number of aliphatic carboxylic acids is 1. The van der Waals surface area contributed by atoms with Crippen LogP contribution in [0.4, 0.5) is 0 Å². The maximum Gasteiger partial charge on any atom is 0.313 e. The Labute approximate surface area is 113 Å². The van der Waals surface area contributed by atoms with Gasteiger partial charge in [0.1, 0.15) is 0 Å². The highest BCUT2D eigenvalue weighted by molar-refractivity contribution is 7.99. The zero-order chi connectivity index (χ0) is 13.2. The first-order valence-electron chi connectivity index (χ1n) is 5.52. The van der Waals surface area contributed by atoms with Crippen molar-refractivity contribution in [1.29, 1.82) is 0 Å². The molecule has 7 heteroatoms. The highest BCUT2D eigenvalue weighted by atomic mass is 32.2. The zero-order valence-electron chi connectivity index (χ0n) is 9.78. The van der Waals surface area contributed by atoms with Gasteiger partial charge in [-0.2, -0.15) is 0 Å². The molecule has 0 amide bonds. The van der Waals surface area contributed by atoms with Gasteiger partial charge in [0.05, 0.1) is 11.4 Å². The molecule has 1 aliphatic rings. The molecule has 19 heavy (non-hydrogen) atoms. The molecular formula is C12H10N2O4S. The fourth-order valence-corrected chi connectivity index (χ4v) is 2.45. The number of carboxylic acid groups (broad SMARTS) is 1. The van der Waals surface area contributed by atoms with Crippen LogP contribution in [0.1, 0.15) is 0 Å². The molecule has 6 nitrogen and oxygen atoms in total. The Balaban J connectivity index is 1.90. The summed E-state index contributed by atoms with van der Waals surface area (Å²) in [5.74, 6) is 0.496. The van der Waals surface area contributed by atoms with Crippen LogP contribution in [0.5, 0.6) is 11.5 Å². The van der Waals surface area contributed by atoms with Crippen molar-refractivity contribution >= 4 is 17.7 Å². The molecule has 1 N–H and O–H groups in total. The molecule has 0 bridgehead atoms. The number of fused-ring (bicyclic) bond motifs is 1. The lowest BCUT2D eigenvalue weighted by atomic mass is 10.3. The van der Waals surface area contributed by atoms with E-state index in [4.69, 9.17) is 14.6 Å². The second kappa shape index (κ2) is 4.85. The Hall–Kier alpha value is -2.15. The standard InChI is InChI=1S/C12H10N2O4S/c15-11(16)6-19-12-13-3-4-14(12)8-1-2-9-10(5-8)18-7-17-9/h1-5H,6-7H2,(H,15,16). The first kappa shape index (κ1) is 11.9. The van der Waals surface area contributed by atoms with Gasteiger partial charge in [0.2, 0.25) is 6.79 Å². The maximum absolute atomic E-state index is 10.6. The molecule has 0 spiro atoms. The number of ether oxygens (including phenoxy) is 2. The molecule has 0 aliphatic carbocycles. The lowest BCUT2D eigenvalue weighted by molar-refractivity contribution is -0.133. The van der Waals surface area contributed by atoms with Gasteiger partial charge in [-0.1, -0.05) is 11.8 Å². The molecule has 2 heterocycles. The van der Waals surface area contributed by atoms with Crippen LogP contribution >= 0.6 is 11.8 Å². The molecule has 0 fully saturated rings. The first-order valence-corrected chi connectivity index (χ1v) is 6.50. The highest BCUT2D eigenvalue weighted by Crippen LogP contribution is 2.34. The van der Waals surface area contributed by atoms with Crippen molar-refractivity contribution in [2.75, 3.05) is 12.5 Å². The van der Waals surface area contributed by atoms with Crippen LogP contribution in [-0.2, 0) is 4.79 Å². The summed E-state index contributed by atoms with van der Waals surface area (Å²) in [6.45, 7) is 0.226. The minimum atomic E-state index is -0.870. The Morgan fingerprint density at radius 2 is 2.26 bits per heavy atom. The van der Waals surface area contributed by atoms with E-state index >= 15 is 0 Å². The minimum Gasteiger partial charge on any atom is -0.481 e. The van der Waals surface area contributed by atoms with Gasteiger partial charge in [-0.05, 0) is 12.1 Å². The number of aromatic nitrogens is 2. The van der Waals surface area contributed by atoms with Crippen LogP contribution in [0.15, 0.2) is 35.7 Å². The Bertz CT molecular complexity index is 626. The molecule has 0 atom stereocenters. The lowest BCUT2D eigenvalue weighted by Crippen LogP contribution is -2.01. The molecule has 1 aliphatic heterocycles. The third kappa shape index (κ3) is 2.37. The summed E-state index contributed by atoms with van der Waals surface area (Å²) in [7, 11) is 0. The molecule has 0 radical (unpaired) electrons. The molecule has 3 rings (SSSR count). The van der Waals surface area contributed by atoms with E-state index in [9.17, 15) is 4.79 Å². The van der Waals surface area contributed by atoms with Gasteiger partial charge in [-0.25, -0.2) is 4.98 Å². The van der Waals surface area contributed by atoms with Gasteiger partial charge in [-0.3, -0.25) is 9.36 Å². The van der Waals surface area contributed by atoms with Gasteiger partial charge in [0, 0.05) is 18.5 Å². The van der Waals surface area contributed by atoms with E-state index in [1.807, 2.05) is 22.8 Å². The number of thioether (sulfide) groups is 1. The third-order valence-corrected chi connectivity index (χ3v) is 3.52. The quantitative estimate of drug-likeness (QED) is 0.859. The summed E-state index contributed by atoms with van der Waals surface area (Å²) in [5.41, 5.74) is 0.856. The second-order valence-corrected chi connectivity index (χ2v) is 4.74. The average molecular weight is 278 g/mol. The molecule has 0 saturated heterocycles. The van der Waals surface area contributed by atoms with E-state index in [2.05, 4.69) is 4.98 Å². The normalized spacial score (nSPS) is 12.6. The van der Waals surface area contributed by atoms with Gasteiger partial charge >= 0.3 is 5.97 Å².